The molecule has 7 nitrogen and oxygen atoms in total. The molecule has 9 heteroatoms. The van der Waals surface area contributed by atoms with Gasteiger partial charge in [0.2, 0.25) is 15.9 Å². The predicted molar refractivity (Wildman–Crippen MR) is 104 cm³/mol. The second-order valence-electron chi connectivity index (χ2n) is 6.45. The van der Waals surface area contributed by atoms with Gasteiger partial charge >= 0.3 is 0 Å². The first-order valence-corrected chi connectivity index (χ1v) is 10.7. The van der Waals surface area contributed by atoms with Gasteiger partial charge in [0.25, 0.3) is 0 Å². The highest BCUT2D eigenvalue weighted by atomic mass is 32.2. The minimum Gasteiger partial charge on any atom is -0.349 e. The summed E-state index contributed by atoms with van der Waals surface area (Å²) in [5, 5.41) is 5.56. The van der Waals surface area contributed by atoms with E-state index in [4.69, 9.17) is 0 Å². The van der Waals surface area contributed by atoms with E-state index in [9.17, 15) is 18.0 Å². The summed E-state index contributed by atoms with van der Waals surface area (Å²) in [7, 11) is -2.48. The Morgan fingerprint density at radius 2 is 1.85 bits per heavy atom. The lowest BCUT2D eigenvalue weighted by atomic mass is 10.2. The molecule has 0 radical (unpaired) electrons. The quantitative estimate of drug-likeness (QED) is 0.676. The van der Waals surface area contributed by atoms with Crippen LogP contribution in [-0.4, -0.2) is 43.0 Å². The van der Waals surface area contributed by atoms with Gasteiger partial charge in [-0.05, 0) is 19.1 Å². The topological polar surface area (TPSA) is 96.4 Å². The number of nitrogens with zero attached hydrogens (tertiary/aromatic N) is 2. The van der Waals surface area contributed by atoms with E-state index in [0.29, 0.717) is 11.5 Å². The minimum atomic E-state index is -3.82. The van der Waals surface area contributed by atoms with Gasteiger partial charge in [-0.1, -0.05) is 26.0 Å². The van der Waals surface area contributed by atoms with Crippen molar-refractivity contribution in [1.82, 2.24) is 14.6 Å². The maximum absolute atomic E-state index is 12.6. The van der Waals surface area contributed by atoms with Gasteiger partial charge in [-0.15, -0.1) is 11.3 Å². The number of carbonyl (C=O) groups is 2. The summed E-state index contributed by atoms with van der Waals surface area (Å²) < 4.78 is 26.1. The molecule has 0 aliphatic heterocycles. The van der Waals surface area contributed by atoms with Gasteiger partial charge in [-0.2, -0.15) is 4.31 Å². The van der Waals surface area contributed by atoms with Gasteiger partial charge in [0.1, 0.15) is 0 Å². The van der Waals surface area contributed by atoms with Gasteiger partial charge in [0.05, 0.1) is 28.7 Å². The van der Waals surface area contributed by atoms with Crippen molar-refractivity contribution in [3.05, 3.63) is 45.9 Å². The summed E-state index contributed by atoms with van der Waals surface area (Å²) in [6.45, 7) is 5.45. The maximum atomic E-state index is 12.6. The van der Waals surface area contributed by atoms with Crippen LogP contribution in [0.2, 0.25) is 0 Å². The fourth-order valence-electron chi connectivity index (χ4n) is 2.24. The van der Waals surface area contributed by atoms with E-state index in [2.05, 4.69) is 10.3 Å². The number of likely N-dealkylation sites (N-methyl/N-ethyl adjacent to an activating group) is 1. The first-order chi connectivity index (χ1) is 12.6. The number of hydrogen-bond donors (Lipinski definition) is 1. The first kappa shape index (κ1) is 21.2. The summed E-state index contributed by atoms with van der Waals surface area (Å²) in [5.74, 6) is -0.236. The number of aromatic nitrogens is 1. The molecule has 0 aliphatic carbocycles. The minimum absolute atomic E-state index is 0.0314. The molecule has 1 N–H and O–H groups in total. The molecule has 1 aromatic carbocycles. The van der Waals surface area contributed by atoms with E-state index in [-0.39, 0.29) is 23.8 Å². The third-order valence-corrected chi connectivity index (χ3v) is 6.88. The van der Waals surface area contributed by atoms with Crippen LogP contribution in [0.15, 0.2) is 34.5 Å². The molecule has 1 aromatic heterocycles. The van der Waals surface area contributed by atoms with Crippen molar-refractivity contribution in [2.24, 2.45) is 0 Å². The molecular weight excluding hydrogens is 386 g/mol. The van der Waals surface area contributed by atoms with E-state index < -0.39 is 15.9 Å². The number of benzene rings is 1. The van der Waals surface area contributed by atoms with E-state index in [1.807, 2.05) is 19.2 Å². The van der Waals surface area contributed by atoms with Crippen molar-refractivity contribution in [3.8, 4) is 0 Å². The van der Waals surface area contributed by atoms with Crippen molar-refractivity contribution in [2.75, 3.05) is 13.6 Å². The van der Waals surface area contributed by atoms with Crippen LogP contribution < -0.4 is 5.32 Å². The number of sulfonamides is 1. The Morgan fingerprint density at radius 1 is 1.22 bits per heavy atom. The van der Waals surface area contributed by atoms with Crippen molar-refractivity contribution < 1.29 is 18.0 Å². The van der Waals surface area contributed by atoms with Crippen molar-refractivity contribution in [1.29, 1.82) is 0 Å². The van der Waals surface area contributed by atoms with Gasteiger partial charge in [0.15, 0.2) is 5.78 Å². The largest absolute Gasteiger partial charge is 0.349 e. The molecule has 1 heterocycles. The molecule has 0 saturated carbocycles. The molecule has 0 saturated heterocycles. The molecule has 2 rings (SSSR count). The lowest BCUT2D eigenvalue weighted by Crippen LogP contribution is -2.38. The smallest absolute Gasteiger partial charge is 0.243 e. The number of carbonyl (C=O) groups excluding carboxylic acids is 2. The zero-order chi connectivity index (χ0) is 20.2. The van der Waals surface area contributed by atoms with Crippen molar-refractivity contribution >= 4 is 33.1 Å². The van der Waals surface area contributed by atoms with E-state index in [1.165, 1.54) is 49.6 Å². The zero-order valence-electron chi connectivity index (χ0n) is 15.7. The van der Waals surface area contributed by atoms with E-state index >= 15 is 0 Å². The number of amides is 1. The standard InChI is InChI=1S/C18H23N3O4S2/c1-12(2)18-20-15(11-26-18)9-19-17(23)10-21(4)27(24,25)16-7-5-14(6-8-16)13(3)22/h5-8,11-12H,9-10H2,1-4H3,(H,19,23). The number of rotatable bonds is 8. The molecule has 0 atom stereocenters. The Bertz CT molecular complexity index is 918. The molecule has 0 aliphatic rings. The molecule has 0 fully saturated rings. The van der Waals surface area contributed by atoms with E-state index in [1.54, 1.807) is 0 Å². The highest BCUT2D eigenvalue weighted by Crippen LogP contribution is 2.19. The van der Waals surface area contributed by atoms with Crippen molar-refractivity contribution in [3.63, 3.8) is 0 Å². The second-order valence-corrected chi connectivity index (χ2v) is 9.38. The molecular formula is C18H23N3O4S2. The lowest BCUT2D eigenvalue weighted by molar-refractivity contribution is -0.121. The van der Waals surface area contributed by atoms with Crippen molar-refractivity contribution in [2.45, 2.75) is 38.1 Å². The maximum Gasteiger partial charge on any atom is 0.243 e. The number of thiazole rings is 1. The Hall–Kier alpha value is -2.10. The Balaban J connectivity index is 1.96. The summed E-state index contributed by atoms with van der Waals surface area (Å²) in [6.07, 6.45) is 0. The highest BCUT2D eigenvalue weighted by molar-refractivity contribution is 7.89. The van der Waals surface area contributed by atoms with Gasteiger partial charge in [0, 0.05) is 23.9 Å². The fraction of sp³-hybridized carbons (Fsp3) is 0.389. The van der Waals surface area contributed by atoms with Crippen LogP contribution in [0.4, 0.5) is 0 Å². The fourth-order valence-corrected chi connectivity index (χ4v) is 4.20. The molecule has 146 valence electrons. The SMILES string of the molecule is CC(=O)c1ccc(S(=O)(=O)N(C)CC(=O)NCc2csc(C(C)C)n2)cc1. The Labute approximate surface area is 163 Å². The monoisotopic (exact) mass is 409 g/mol. The average molecular weight is 410 g/mol. The normalized spacial score (nSPS) is 11.8. The average Bonchev–Trinajstić information content (AvgIpc) is 3.09. The summed E-state index contributed by atoms with van der Waals surface area (Å²) >= 11 is 1.54. The third kappa shape index (κ3) is 5.44. The molecule has 0 bridgehead atoms. The van der Waals surface area contributed by atoms with Gasteiger partial charge in [-0.3, -0.25) is 9.59 Å². The van der Waals surface area contributed by atoms with Crippen LogP contribution in [0.5, 0.6) is 0 Å². The molecule has 0 spiro atoms. The van der Waals surface area contributed by atoms with Crippen LogP contribution in [-0.2, 0) is 21.4 Å². The summed E-state index contributed by atoms with van der Waals surface area (Å²) in [5.41, 5.74) is 1.18. The van der Waals surface area contributed by atoms with Gasteiger partial charge in [-0.25, -0.2) is 13.4 Å². The Morgan fingerprint density at radius 3 is 2.37 bits per heavy atom. The van der Waals surface area contributed by atoms with E-state index in [0.717, 1.165) is 15.0 Å². The number of nitrogens with one attached hydrogen (secondary N) is 1. The molecule has 27 heavy (non-hydrogen) atoms. The lowest BCUT2D eigenvalue weighted by Gasteiger charge is -2.17. The zero-order valence-corrected chi connectivity index (χ0v) is 17.4. The number of Topliss-reactive ketones (excluding diaryl/α,β-unsaturated/α-hetero) is 1. The first-order valence-electron chi connectivity index (χ1n) is 8.39. The number of hydrogen-bond acceptors (Lipinski definition) is 6. The summed E-state index contributed by atoms with van der Waals surface area (Å²) in [6, 6.07) is 5.64. The van der Waals surface area contributed by atoms with Crippen LogP contribution in [0.1, 0.15) is 47.7 Å². The van der Waals surface area contributed by atoms with Crippen LogP contribution in [0, 0.1) is 0 Å². The highest BCUT2D eigenvalue weighted by Gasteiger charge is 2.23. The number of ketones is 1. The van der Waals surface area contributed by atoms with Crippen LogP contribution in [0.3, 0.4) is 0 Å². The summed E-state index contributed by atoms with van der Waals surface area (Å²) in [4.78, 5) is 27.9. The molecule has 2 aromatic rings. The Kier molecular flexibility index (Phi) is 6.85. The van der Waals surface area contributed by atoms with Gasteiger partial charge < -0.3 is 5.32 Å². The second kappa shape index (κ2) is 8.73. The van der Waals surface area contributed by atoms with Crippen LogP contribution in [0.25, 0.3) is 0 Å². The molecule has 0 unspecified atom stereocenters. The third-order valence-electron chi connectivity index (χ3n) is 3.87. The van der Waals surface area contributed by atoms with Crippen LogP contribution >= 0.6 is 11.3 Å². The predicted octanol–water partition coefficient (Wildman–Crippen LogP) is 2.41. The molecule has 1 amide bonds.